The zero-order chi connectivity index (χ0) is 25.0. The minimum absolute atomic E-state index is 0.00948. The van der Waals surface area contributed by atoms with Gasteiger partial charge in [0.15, 0.2) is 0 Å². The molecular weight excluding hydrogens is 478 g/mol. The molecule has 0 aliphatic carbocycles. The van der Waals surface area contributed by atoms with Crippen molar-refractivity contribution in [2.45, 2.75) is 25.1 Å². The van der Waals surface area contributed by atoms with E-state index >= 15 is 0 Å². The number of carbonyl (C=O) groups is 1. The van der Waals surface area contributed by atoms with Crippen molar-refractivity contribution >= 4 is 38.3 Å². The van der Waals surface area contributed by atoms with Gasteiger partial charge in [0.05, 0.1) is 25.7 Å². The fraction of sp³-hybridized carbons (Fsp3) is 0.273. The number of sulfone groups is 1. The van der Waals surface area contributed by atoms with Crippen LogP contribution in [0.5, 0.6) is 11.5 Å². The van der Waals surface area contributed by atoms with Crippen LogP contribution in [0.2, 0.25) is 0 Å². The largest absolute Gasteiger partial charge is 0.497 e. The lowest BCUT2D eigenvalue weighted by molar-refractivity contribution is -0.112. The number of hydrogen-bond acceptors (Lipinski definition) is 9. The van der Waals surface area contributed by atoms with E-state index in [1.807, 2.05) is 36.6 Å². The van der Waals surface area contributed by atoms with Crippen LogP contribution >= 0.6 is 11.3 Å². The Hall–Kier alpha value is -3.69. The van der Waals surface area contributed by atoms with Crippen molar-refractivity contribution in [1.82, 2.24) is 14.8 Å². The maximum Gasteiger partial charge on any atom is 0.268 e. The van der Waals surface area contributed by atoms with Crippen LogP contribution in [0.15, 0.2) is 34.2 Å². The number of aryl methyl sites for hydroxylation is 1. The van der Waals surface area contributed by atoms with Gasteiger partial charge in [-0.1, -0.05) is 18.3 Å². The third kappa shape index (κ3) is 4.95. The first-order chi connectivity index (χ1) is 16.1. The van der Waals surface area contributed by atoms with Gasteiger partial charge in [-0.05, 0) is 43.7 Å². The zero-order valence-electron chi connectivity index (χ0n) is 19.2. The normalized spacial score (nSPS) is 11.7. The van der Waals surface area contributed by atoms with E-state index in [-0.39, 0.29) is 20.8 Å². The van der Waals surface area contributed by atoms with E-state index in [2.05, 4.69) is 15.5 Å². The Kier molecular flexibility index (Phi) is 7.38. The van der Waals surface area contributed by atoms with Crippen LogP contribution in [0.3, 0.4) is 0 Å². The monoisotopic (exact) mass is 501 g/mol. The summed E-state index contributed by atoms with van der Waals surface area (Å²) < 4.78 is 36.4. The van der Waals surface area contributed by atoms with Crippen LogP contribution in [0.4, 0.5) is 5.13 Å². The molecule has 0 fully saturated rings. The number of nitriles is 1. The summed E-state index contributed by atoms with van der Waals surface area (Å²) in [5, 5.41) is 19.3. The van der Waals surface area contributed by atoms with Gasteiger partial charge in [-0.15, -0.1) is 10.2 Å². The summed E-state index contributed by atoms with van der Waals surface area (Å²) in [6.45, 7) is 5.24. The van der Waals surface area contributed by atoms with Crippen molar-refractivity contribution in [3.63, 3.8) is 0 Å². The predicted octanol–water partition coefficient (Wildman–Crippen LogP) is 3.30. The topological polar surface area (TPSA) is 136 Å². The lowest BCUT2D eigenvalue weighted by Gasteiger charge is -2.15. The first-order valence-electron chi connectivity index (χ1n) is 10.1. The summed E-state index contributed by atoms with van der Waals surface area (Å²) in [6.07, 6.45) is 1.46. The number of nitrogens with zero attached hydrogens (tertiary/aromatic N) is 4. The Labute approximate surface area is 201 Å². The third-order valence-corrected chi connectivity index (χ3v) is 8.05. The number of amides is 1. The molecule has 2 heterocycles. The SMILES string of the molecule is CCS(=O)(=O)c1nnc(NC(=O)C(C#N)=Cc2cc(C)n(-c3cc(OC)ccc3OC)c2C)s1. The van der Waals surface area contributed by atoms with E-state index in [0.29, 0.717) is 17.1 Å². The van der Waals surface area contributed by atoms with Gasteiger partial charge >= 0.3 is 0 Å². The number of ether oxygens (including phenoxy) is 2. The molecule has 0 spiro atoms. The second-order valence-corrected chi connectivity index (χ2v) is 10.5. The highest BCUT2D eigenvalue weighted by Gasteiger charge is 2.21. The minimum Gasteiger partial charge on any atom is -0.497 e. The molecular formula is C22H23N5O5S2. The molecule has 178 valence electrons. The van der Waals surface area contributed by atoms with Crippen LogP contribution in [-0.2, 0) is 14.6 Å². The predicted molar refractivity (Wildman–Crippen MR) is 128 cm³/mol. The van der Waals surface area contributed by atoms with Crippen molar-refractivity contribution in [3.8, 4) is 23.3 Å². The Morgan fingerprint density at radius 2 is 1.97 bits per heavy atom. The smallest absolute Gasteiger partial charge is 0.268 e. The van der Waals surface area contributed by atoms with Gasteiger partial charge in [0, 0.05) is 17.5 Å². The average molecular weight is 502 g/mol. The highest BCUT2D eigenvalue weighted by molar-refractivity contribution is 7.93. The van der Waals surface area contributed by atoms with Crippen molar-refractivity contribution in [2.24, 2.45) is 0 Å². The van der Waals surface area contributed by atoms with Crippen molar-refractivity contribution in [1.29, 1.82) is 5.26 Å². The van der Waals surface area contributed by atoms with E-state index in [9.17, 15) is 18.5 Å². The van der Waals surface area contributed by atoms with Crippen LogP contribution in [0.1, 0.15) is 23.9 Å². The molecule has 3 rings (SSSR count). The summed E-state index contributed by atoms with van der Waals surface area (Å²) in [4.78, 5) is 12.7. The van der Waals surface area contributed by atoms with Gasteiger partial charge in [-0.25, -0.2) is 8.42 Å². The molecule has 0 radical (unpaired) electrons. The average Bonchev–Trinajstić information content (AvgIpc) is 3.41. The molecule has 1 aromatic carbocycles. The highest BCUT2D eigenvalue weighted by atomic mass is 32.2. The Balaban J connectivity index is 1.95. The molecule has 0 saturated carbocycles. The highest BCUT2D eigenvalue weighted by Crippen LogP contribution is 2.32. The molecule has 2 aromatic heterocycles. The van der Waals surface area contributed by atoms with Gasteiger partial charge in [0.2, 0.25) is 19.3 Å². The molecule has 0 aliphatic heterocycles. The van der Waals surface area contributed by atoms with E-state index in [4.69, 9.17) is 9.47 Å². The molecule has 0 aliphatic rings. The third-order valence-electron chi connectivity index (χ3n) is 5.04. The summed E-state index contributed by atoms with van der Waals surface area (Å²) in [6, 6.07) is 9.16. The first kappa shape index (κ1) is 24.9. The van der Waals surface area contributed by atoms with Gasteiger partial charge < -0.3 is 14.0 Å². The number of benzene rings is 1. The lowest BCUT2D eigenvalue weighted by Crippen LogP contribution is -2.13. The fourth-order valence-electron chi connectivity index (χ4n) is 3.25. The van der Waals surface area contributed by atoms with Crippen LogP contribution in [-0.4, -0.2) is 49.1 Å². The lowest BCUT2D eigenvalue weighted by atomic mass is 10.1. The van der Waals surface area contributed by atoms with E-state index < -0.39 is 15.7 Å². The Bertz CT molecular complexity index is 1410. The van der Waals surface area contributed by atoms with Gasteiger partial charge in [-0.3, -0.25) is 10.1 Å². The molecule has 0 unspecified atom stereocenters. The molecule has 0 atom stereocenters. The van der Waals surface area contributed by atoms with E-state index in [1.165, 1.54) is 13.0 Å². The summed E-state index contributed by atoms with van der Waals surface area (Å²) in [7, 11) is -0.393. The van der Waals surface area contributed by atoms with Crippen molar-refractivity contribution in [3.05, 3.63) is 46.8 Å². The molecule has 34 heavy (non-hydrogen) atoms. The summed E-state index contributed by atoms with van der Waals surface area (Å²) >= 11 is 0.733. The number of rotatable bonds is 8. The summed E-state index contributed by atoms with van der Waals surface area (Å²) in [5.41, 5.74) is 2.86. The molecule has 10 nitrogen and oxygen atoms in total. The second kappa shape index (κ2) is 10.1. The van der Waals surface area contributed by atoms with Gasteiger partial charge in [0.1, 0.15) is 23.1 Å². The zero-order valence-corrected chi connectivity index (χ0v) is 20.9. The molecule has 3 aromatic rings. The van der Waals surface area contributed by atoms with Gasteiger partial charge in [-0.2, -0.15) is 5.26 Å². The van der Waals surface area contributed by atoms with Crippen LogP contribution < -0.4 is 14.8 Å². The molecule has 12 heteroatoms. The number of carbonyl (C=O) groups excluding carboxylic acids is 1. The van der Waals surface area contributed by atoms with E-state index in [1.54, 1.807) is 26.4 Å². The van der Waals surface area contributed by atoms with Gasteiger partial charge in [0.25, 0.3) is 5.91 Å². The molecule has 1 N–H and O–H groups in total. The van der Waals surface area contributed by atoms with Crippen molar-refractivity contribution in [2.75, 3.05) is 25.3 Å². The second-order valence-electron chi connectivity index (χ2n) is 7.10. The molecule has 0 bridgehead atoms. The molecule has 1 amide bonds. The number of aromatic nitrogens is 3. The maximum atomic E-state index is 12.7. The van der Waals surface area contributed by atoms with E-state index in [0.717, 1.165) is 28.4 Å². The maximum absolute atomic E-state index is 12.7. The number of nitrogens with one attached hydrogen (secondary N) is 1. The number of anilines is 1. The van der Waals surface area contributed by atoms with Crippen LogP contribution in [0.25, 0.3) is 11.8 Å². The fourth-order valence-corrected chi connectivity index (χ4v) is 5.24. The minimum atomic E-state index is -3.54. The number of methoxy groups -OCH3 is 2. The number of hydrogen-bond donors (Lipinski definition) is 1. The van der Waals surface area contributed by atoms with Crippen molar-refractivity contribution < 1.29 is 22.7 Å². The quantitative estimate of drug-likeness (QED) is 0.282. The standard InChI is InChI=1S/C22H23N5O5S2/c1-6-34(29,30)22-26-25-21(33-22)24-20(28)16(12-23)10-15-9-13(2)27(14(15)3)18-11-17(31-4)7-8-19(18)32-5/h7-11H,6H2,1-5H3,(H,24,25,28). The Morgan fingerprint density at radius 3 is 2.59 bits per heavy atom. The summed E-state index contributed by atoms with van der Waals surface area (Å²) in [5.74, 6) is 0.430. The molecule has 0 saturated heterocycles. The Morgan fingerprint density at radius 1 is 1.24 bits per heavy atom. The van der Waals surface area contributed by atoms with Crippen LogP contribution in [0, 0.1) is 25.2 Å². The first-order valence-corrected chi connectivity index (χ1v) is 12.5.